The first kappa shape index (κ1) is 14.8. The first-order valence-corrected chi connectivity index (χ1v) is 8.01. The Bertz CT molecular complexity index is 1130. The zero-order chi connectivity index (χ0) is 16.7. The summed E-state index contributed by atoms with van der Waals surface area (Å²) >= 11 is 6.54. The number of pyridine rings is 1. The fraction of sp³-hybridized carbons (Fsp3) is 0.105. The Morgan fingerprint density at radius 2 is 1.75 bits per heavy atom. The molecule has 0 spiro atoms. The maximum atomic E-state index is 12.0. The number of aryl methyl sites for hydroxylation is 1. The Labute approximate surface area is 143 Å². The summed E-state index contributed by atoms with van der Waals surface area (Å²) in [6.07, 6.45) is 1.34. The molecule has 0 saturated heterocycles. The minimum absolute atomic E-state index is 0.0874. The van der Waals surface area contributed by atoms with E-state index < -0.39 is 0 Å². The summed E-state index contributed by atoms with van der Waals surface area (Å²) in [7, 11) is 0. The van der Waals surface area contributed by atoms with Crippen molar-refractivity contribution >= 4 is 33.4 Å². The molecule has 0 radical (unpaired) electrons. The Balaban J connectivity index is 1.90. The first-order valence-electron chi connectivity index (χ1n) is 7.64. The van der Waals surface area contributed by atoms with Crippen molar-refractivity contribution < 1.29 is 0 Å². The Hall–Kier alpha value is -2.72. The van der Waals surface area contributed by atoms with Gasteiger partial charge in [0.2, 0.25) is 5.43 Å². The minimum Gasteiger partial charge on any atom is -0.287 e. The molecule has 0 amide bonds. The third-order valence-electron chi connectivity index (χ3n) is 4.21. The second-order valence-corrected chi connectivity index (χ2v) is 6.08. The zero-order valence-corrected chi connectivity index (χ0v) is 13.8. The number of aromatic nitrogens is 3. The minimum atomic E-state index is -0.0874. The van der Waals surface area contributed by atoms with Crippen LogP contribution in [0.5, 0.6) is 0 Å². The van der Waals surface area contributed by atoms with Gasteiger partial charge in [0.25, 0.3) is 0 Å². The van der Waals surface area contributed by atoms with Crippen LogP contribution >= 0.6 is 11.6 Å². The van der Waals surface area contributed by atoms with Gasteiger partial charge in [0.05, 0.1) is 34.5 Å². The van der Waals surface area contributed by atoms with E-state index in [1.807, 2.05) is 49.4 Å². The lowest BCUT2D eigenvalue weighted by Gasteiger charge is -2.13. The van der Waals surface area contributed by atoms with Crippen LogP contribution in [-0.4, -0.2) is 14.8 Å². The van der Waals surface area contributed by atoms with Gasteiger partial charge in [-0.3, -0.25) is 9.48 Å². The summed E-state index contributed by atoms with van der Waals surface area (Å²) in [6.45, 7) is 2.40. The second kappa shape index (κ2) is 5.73. The maximum absolute atomic E-state index is 12.0. The SMILES string of the molecule is Cc1c(Cl)c(Cn2ncc(=O)c3ccccc32)nc2ccccc12. The predicted octanol–water partition coefficient (Wildman–Crippen LogP) is 3.95. The highest BCUT2D eigenvalue weighted by atomic mass is 35.5. The van der Waals surface area contributed by atoms with Crippen molar-refractivity contribution in [2.24, 2.45) is 0 Å². The van der Waals surface area contributed by atoms with E-state index in [1.165, 1.54) is 6.20 Å². The number of para-hydroxylation sites is 2. The first-order chi connectivity index (χ1) is 11.6. The second-order valence-electron chi connectivity index (χ2n) is 5.70. The van der Waals surface area contributed by atoms with E-state index in [0.717, 1.165) is 27.7 Å². The number of halogens is 1. The van der Waals surface area contributed by atoms with Gasteiger partial charge >= 0.3 is 0 Å². The number of hydrogen-bond donors (Lipinski definition) is 0. The molecule has 0 bridgehead atoms. The lowest BCUT2D eigenvalue weighted by Crippen LogP contribution is -2.14. The molecule has 2 aromatic heterocycles. The molecule has 0 N–H and O–H groups in total. The molecule has 0 saturated carbocycles. The van der Waals surface area contributed by atoms with E-state index in [9.17, 15) is 4.79 Å². The van der Waals surface area contributed by atoms with Gasteiger partial charge in [-0.2, -0.15) is 5.10 Å². The number of hydrogen-bond acceptors (Lipinski definition) is 3. The lowest BCUT2D eigenvalue weighted by molar-refractivity contribution is 0.682. The third kappa shape index (κ3) is 2.36. The summed E-state index contributed by atoms with van der Waals surface area (Å²) in [4.78, 5) is 16.7. The number of nitrogens with zero attached hydrogens (tertiary/aromatic N) is 3. The van der Waals surface area contributed by atoms with Crippen molar-refractivity contribution in [2.45, 2.75) is 13.5 Å². The van der Waals surface area contributed by atoms with Gasteiger partial charge in [0, 0.05) is 10.8 Å². The average Bonchev–Trinajstić information content (AvgIpc) is 2.62. The summed E-state index contributed by atoms with van der Waals surface area (Å²) in [5, 5.41) is 6.58. The Kier molecular flexibility index (Phi) is 3.54. The molecule has 2 heterocycles. The topological polar surface area (TPSA) is 47.8 Å². The van der Waals surface area contributed by atoms with Crippen molar-refractivity contribution in [2.75, 3.05) is 0 Å². The largest absolute Gasteiger partial charge is 0.287 e. The lowest BCUT2D eigenvalue weighted by atomic mass is 10.1. The van der Waals surface area contributed by atoms with Crippen molar-refractivity contribution in [3.63, 3.8) is 0 Å². The molecule has 0 atom stereocenters. The van der Waals surface area contributed by atoms with Gasteiger partial charge in [-0.1, -0.05) is 41.9 Å². The number of benzene rings is 2. The fourth-order valence-corrected chi connectivity index (χ4v) is 3.15. The monoisotopic (exact) mass is 335 g/mol. The molecule has 5 heteroatoms. The molecule has 4 nitrogen and oxygen atoms in total. The smallest absolute Gasteiger partial charge is 0.207 e. The highest BCUT2D eigenvalue weighted by Crippen LogP contribution is 2.27. The fourth-order valence-electron chi connectivity index (χ4n) is 2.95. The summed E-state index contributed by atoms with van der Waals surface area (Å²) in [6, 6.07) is 15.3. The van der Waals surface area contributed by atoms with Gasteiger partial charge in [-0.15, -0.1) is 0 Å². The molecule has 2 aromatic carbocycles. The molecule has 4 rings (SSSR count). The molecule has 0 aliphatic heterocycles. The Morgan fingerprint density at radius 3 is 2.58 bits per heavy atom. The van der Waals surface area contributed by atoms with E-state index >= 15 is 0 Å². The standard InChI is InChI=1S/C19H14ClN3O/c1-12-13-6-2-4-8-15(13)22-16(19(12)20)11-23-17-9-5-3-7-14(17)18(24)10-21-23/h2-10H,11H2,1H3. The zero-order valence-electron chi connectivity index (χ0n) is 13.0. The van der Waals surface area contributed by atoms with Gasteiger partial charge < -0.3 is 0 Å². The van der Waals surface area contributed by atoms with Crippen LogP contribution in [0.2, 0.25) is 5.02 Å². The molecule has 118 valence electrons. The average molecular weight is 336 g/mol. The maximum Gasteiger partial charge on any atom is 0.207 e. The quantitative estimate of drug-likeness (QED) is 0.557. The molecule has 24 heavy (non-hydrogen) atoms. The van der Waals surface area contributed by atoms with Gasteiger partial charge in [0.15, 0.2) is 0 Å². The van der Waals surface area contributed by atoms with E-state index in [1.54, 1.807) is 10.7 Å². The number of fused-ring (bicyclic) bond motifs is 2. The normalized spacial score (nSPS) is 11.2. The molecule has 0 unspecified atom stereocenters. The van der Waals surface area contributed by atoms with E-state index in [-0.39, 0.29) is 5.43 Å². The van der Waals surface area contributed by atoms with Crippen LogP contribution in [0.4, 0.5) is 0 Å². The molecule has 4 aromatic rings. The van der Waals surface area contributed by atoms with E-state index in [4.69, 9.17) is 11.6 Å². The van der Waals surface area contributed by atoms with Crippen LogP contribution < -0.4 is 5.43 Å². The third-order valence-corrected chi connectivity index (χ3v) is 4.71. The van der Waals surface area contributed by atoms with Crippen LogP contribution in [0, 0.1) is 6.92 Å². The Morgan fingerprint density at radius 1 is 1.04 bits per heavy atom. The molecular weight excluding hydrogens is 322 g/mol. The highest BCUT2D eigenvalue weighted by Gasteiger charge is 2.12. The van der Waals surface area contributed by atoms with Crippen LogP contribution in [0.25, 0.3) is 21.8 Å². The van der Waals surface area contributed by atoms with Crippen molar-refractivity contribution in [1.82, 2.24) is 14.8 Å². The summed E-state index contributed by atoms with van der Waals surface area (Å²) < 4.78 is 1.76. The van der Waals surface area contributed by atoms with Crippen molar-refractivity contribution in [1.29, 1.82) is 0 Å². The van der Waals surface area contributed by atoms with Crippen LogP contribution in [0.3, 0.4) is 0 Å². The predicted molar refractivity (Wildman–Crippen MR) is 96.6 cm³/mol. The van der Waals surface area contributed by atoms with Crippen LogP contribution in [0.1, 0.15) is 11.3 Å². The van der Waals surface area contributed by atoms with Gasteiger partial charge in [-0.25, -0.2) is 4.98 Å². The van der Waals surface area contributed by atoms with Crippen LogP contribution in [-0.2, 0) is 6.54 Å². The van der Waals surface area contributed by atoms with Crippen LogP contribution in [0.15, 0.2) is 59.5 Å². The molecule has 0 aliphatic rings. The molecule has 0 aliphatic carbocycles. The molecular formula is C19H14ClN3O. The van der Waals surface area contributed by atoms with Gasteiger partial charge in [-0.05, 0) is 30.7 Å². The van der Waals surface area contributed by atoms with Crippen molar-refractivity contribution in [3.8, 4) is 0 Å². The van der Waals surface area contributed by atoms with E-state index in [2.05, 4.69) is 10.1 Å². The summed E-state index contributed by atoms with van der Waals surface area (Å²) in [5.74, 6) is 0. The van der Waals surface area contributed by atoms with E-state index in [0.29, 0.717) is 17.0 Å². The number of rotatable bonds is 2. The molecule has 0 fully saturated rings. The highest BCUT2D eigenvalue weighted by molar-refractivity contribution is 6.32. The van der Waals surface area contributed by atoms with Crippen molar-refractivity contribution in [3.05, 3.63) is 81.2 Å². The summed E-state index contributed by atoms with van der Waals surface area (Å²) in [5.41, 5.74) is 3.33. The van der Waals surface area contributed by atoms with Gasteiger partial charge in [0.1, 0.15) is 0 Å².